The smallest absolute Gasteiger partial charge is 0.237 e. The Morgan fingerprint density at radius 1 is 0.970 bits per heavy atom. The summed E-state index contributed by atoms with van der Waals surface area (Å²) in [7, 11) is 1.71. The largest absolute Gasteiger partial charge is 0.383 e. The first-order chi connectivity index (χ1) is 16.1. The lowest BCUT2D eigenvalue weighted by Crippen LogP contribution is -2.57. The highest BCUT2D eigenvalue weighted by Gasteiger charge is 2.33. The van der Waals surface area contributed by atoms with Crippen LogP contribution in [-0.4, -0.2) is 92.1 Å². The van der Waals surface area contributed by atoms with Crippen molar-refractivity contribution in [1.29, 1.82) is 0 Å². The molecular formula is C26H34N4O3. The van der Waals surface area contributed by atoms with Crippen molar-refractivity contribution in [2.75, 3.05) is 59.5 Å². The molecule has 0 unspecified atom stereocenters. The fourth-order valence-corrected chi connectivity index (χ4v) is 4.58. The molecule has 0 aliphatic carbocycles. The van der Waals surface area contributed by atoms with Crippen LogP contribution in [0.25, 0.3) is 11.1 Å². The summed E-state index contributed by atoms with van der Waals surface area (Å²) in [5.74, 6) is 0.0158. The highest BCUT2D eigenvalue weighted by molar-refractivity contribution is 5.89. The van der Waals surface area contributed by atoms with E-state index >= 15 is 0 Å². The molecular weight excluding hydrogens is 416 g/mol. The standard InChI is InChI=1S/C26H34N4O3/c1-33-18-17-28-13-15-29(16-14-28)25(31)19-24-26(32)27-11-12-30(24)20-21-7-9-23(10-8-21)22-5-3-2-4-6-22/h2-10,24H,11-20H2,1H3,(H,27,32)/t24-/m0/s1. The number of amides is 2. The molecule has 7 heteroatoms. The third kappa shape index (κ3) is 6.19. The SMILES string of the molecule is COCCN1CCN(C(=O)C[C@H]2C(=O)NCCN2Cc2ccc(-c3ccccc3)cc2)CC1. The van der Waals surface area contributed by atoms with Gasteiger partial charge in [0.05, 0.1) is 19.1 Å². The van der Waals surface area contributed by atoms with E-state index in [1.807, 2.05) is 23.1 Å². The molecule has 0 radical (unpaired) electrons. The zero-order valence-corrected chi connectivity index (χ0v) is 19.4. The molecule has 2 aromatic carbocycles. The molecule has 2 aromatic rings. The number of benzene rings is 2. The summed E-state index contributed by atoms with van der Waals surface area (Å²) in [5, 5.41) is 2.94. The van der Waals surface area contributed by atoms with E-state index < -0.39 is 6.04 Å². The van der Waals surface area contributed by atoms with E-state index in [0.717, 1.165) is 31.7 Å². The molecule has 176 valence electrons. The van der Waals surface area contributed by atoms with Crippen molar-refractivity contribution in [2.45, 2.75) is 19.0 Å². The van der Waals surface area contributed by atoms with Gasteiger partial charge in [0.15, 0.2) is 0 Å². The van der Waals surface area contributed by atoms with Gasteiger partial charge in [-0.3, -0.25) is 19.4 Å². The zero-order chi connectivity index (χ0) is 23.0. The van der Waals surface area contributed by atoms with Crippen molar-refractivity contribution >= 4 is 11.8 Å². The number of rotatable bonds is 8. The molecule has 7 nitrogen and oxygen atoms in total. The maximum absolute atomic E-state index is 13.0. The Morgan fingerprint density at radius 3 is 2.36 bits per heavy atom. The van der Waals surface area contributed by atoms with Crippen LogP contribution in [0.1, 0.15) is 12.0 Å². The molecule has 2 saturated heterocycles. The molecule has 0 spiro atoms. The molecule has 2 aliphatic rings. The average Bonchev–Trinajstić information content (AvgIpc) is 2.86. The van der Waals surface area contributed by atoms with Gasteiger partial charge in [-0.2, -0.15) is 0 Å². The van der Waals surface area contributed by atoms with E-state index in [9.17, 15) is 9.59 Å². The van der Waals surface area contributed by atoms with Crippen LogP contribution in [0.2, 0.25) is 0 Å². The van der Waals surface area contributed by atoms with Crippen molar-refractivity contribution in [2.24, 2.45) is 0 Å². The predicted molar refractivity (Wildman–Crippen MR) is 129 cm³/mol. The highest BCUT2D eigenvalue weighted by atomic mass is 16.5. The first-order valence-electron chi connectivity index (χ1n) is 11.8. The fraction of sp³-hybridized carbons (Fsp3) is 0.462. The van der Waals surface area contributed by atoms with Gasteiger partial charge in [0, 0.05) is 59.5 Å². The summed E-state index contributed by atoms with van der Waals surface area (Å²) in [4.78, 5) is 32.0. The van der Waals surface area contributed by atoms with Crippen LogP contribution in [0.4, 0.5) is 0 Å². The summed E-state index contributed by atoms with van der Waals surface area (Å²) < 4.78 is 5.15. The number of methoxy groups -OCH3 is 1. The lowest BCUT2D eigenvalue weighted by Gasteiger charge is -2.38. The Kier molecular flexibility index (Phi) is 8.10. The molecule has 33 heavy (non-hydrogen) atoms. The number of piperazine rings is 2. The molecule has 1 atom stereocenters. The Labute approximate surface area is 196 Å². The highest BCUT2D eigenvalue weighted by Crippen LogP contribution is 2.21. The van der Waals surface area contributed by atoms with E-state index in [0.29, 0.717) is 32.8 Å². The van der Waals surface area contributed by atoms with E-state index in [-0.39, 0.29) is 18.2 Å². The number of carbonyl (C=O) groups is 2. The van der Waals surface area contributed by atoms with Crippen molar-refractivity contribution in [3.05, 3.63) is 60.2 Å². The first-order valence-corrected chi connectivity index (χ1v) is 11.8. The molecule has 0 aromatic heterocycles. The number of nitrogens with one attached hydrogen (secondary N) is 1. The third-order valence-electron chi connectivity index (χ3n) is 6.59. The molecule has 2 fully saturated rings. The number of ether oxygens (including phenoxy) is 1. The van der Waals surface area contributed by atoms with Gasteiger partial charge >= 0.3 is 0 Å². The second-order valence-electron chi connectivity index (χ2n) is 8.76. The number of nitrogens with zero attached hydrogens (tertiary/aromatic N) is 3. The van der Waals surface area contributed by atoms with Crippen LogP contribution >= 0.6 is 0 Å². The monoisotopic (exact) mass is 450 g/mol. The van der Waals surface area contributed by atoms with E-state index in [2.05, 4.69) is 51.5 Å². The number of hydrogen-bond donors (Lipinski definition) is 1. The minimum absolute atomic E-state index is 0.0470. The molecule has 1 N–H and O–H groups in total. The van der Waals surface area contributed by atoms with Gasteiger partial charge < -0.3 is 15.0 Å². The molecule has 2 aliphatic heterocycles. The molecule has 2 heterocycles. The summed E-state index contributed by atoms with van der Waals surface area (Å²) in [6, 6.07) is 18.4. The Hall–Kier alpha value is -2.74. The van der Waals surface area contributed by atoms with Crippen molar-refractivity contribution in [1.82, 2.24) is 20.0 Å². The molecule has 2 amide bonds. The van der Waals surface area contributed by atoms with Crippen LogP contribution in [0.3, 0.4) is 0 Å². The summed E-state index contributed by atoms with van der Waals surface area (Å²) in [6.07, 6.45) is 0.228. The van der Waals surface area contributed by atoms with Gasteiger partial charge in [0.2, 0.25) is 11.8 Å². The number of hydrogen-bond acceptors (Lipinski definition) is 5. The van der Waals surface area contributed by atoms with Crippen molar-refractivity contribution < 1.29 is 14.3 Å². The second kappa shape index (κ2) is 11.4. The van der Waals surface area contributed by atoms with Crippen LogP contribution in [-0.2, 0) is 20.9 Å². The summed E-state index contributed by atoms with van der Waals surface area (Å²) >= 11 is 0. The van der Waals surface area contributed by atoms with Crippen LogP contribution < -0.4 is 5.32 Å². The minimum Gasteiger partial charge on any atom is -0.383 e. The van der Waals surface area contributed by atoms with Gasteiger partial charge in [0.1, 0.15) is 0 Å². The van der Waals surface area contributed by atoms with Crippen LogP contribution in [0, 0.1) is 0 Å². The zero-order valence-electron chi connectivity index (χ0n) is 19.4. The van der Waals surface area contributed by atoms with Crippen molar-refractivity contribution in [3.63, 3.8) is 0 Å². The van der Waals surface area contributed by atoms with E-state index in [1.165, 1.54) is 11.1 Å². The first kappa shape index (κ1) is 23.4. The van der Waals surface area contributed by atoms with Gasteiger partial charge in [-0.25, -0.2) is 0 Å². The lowest BCUT2D eigenvalue weighted by molar-refractivity contribution is -0.140. The molecule has 0 bridgehead atoms. The van der Waals surface area contributed by atoms with Crippen LogP contribution in [0.5, 0.6) is 0 Å². The fourth-order valence-electron chi connectivity index (χ4n) is 4.58. The van der Waals surface area contributed by atoms with Gasteiger partial charge in [-0.15, -0.1) is 0 Å². The molecule has 4 rings (SSSR count). The van der Waals surface area contributed by atoms with Gasteiger partial charge in [-0.05, 0) is 16.7 Å². The van der Waals surface area contributed by atoms with E-state index in [1.54, 1.807) is 7.11 Å². The normalized spacial score (nSPS) is 20.0. The van der Waals surface area contributed by atoms with Gasteiger partial charge in [-0.1, -0.05) is 54.6 Å². The third-order valence-corrected chi connectivity index (χ3v) is 6.59. The lowest BCUT2D eigenvalue weighted by atomic mass is 10.0. The Morgan fingerprint density at radius 2 is 1.67 bits per heavy atom. The summed E-state index contributed by atoms with van der Waals surface area (Å²) in [6.45, 7) is 6.73. The van der Waals surface area contributed by atoms with Crippen molar-refractivity contribution in [3.8, 4) is 11.1 Å². The van der Waals surface area contributed by atoms with Gasteiger partial charge in [0.25, 0.3) is 0 Å². The van der Waals surface area contributed by atoms with Crippen LogP contribution in [0.15, 0.2) is 54.6 Å². The Bertz CT molecular complexity index is 911. The predicted octanol–water partition coefficient (Wildman–Crippen LogP) is 1.83. The molecule has 0 saturated carbocycles. The maximum Gasteiger partial charge on any atom is 0.237 e. The maximum atomic E-state index is 13.0. The second-order valence-corrected chi connectivity index (χ2v) is 8.76. The summed E-state index contributed by atoms with van der Waals surface area (Å²) in [5.41, 5.74) is 3.51. The topological polar surface area (TPSA) is 65.1 Å². The Balaban J connectivity index is 1.35. The van der Waals surface area contributed by atoms with E-state index in [4.69, 9.17) is 4.74 Å². The quantitative estimate of drug-likeness (QED) is 0.665. The average molecular weight is 451 g/mol. The minimum atomic E-state index is -0.424. The number of carbonyl (C=O) groups excluding carboxylic acids is 2.